The molecule has 0 amide bonds. The third-order valence-corrected chi connectivity index (χ3v) is 1.78. The Hall–Kier alpha value is -1.64. The molecule has 0 fully saturated rings. The molecular formula is C11H14N2O. The number of hydrogen-bond donors (Lipinski definition) is 1. The average molecular weight is 190 g/mol. The van der Waals surface area contributed by atoms with Crippen LogP contribution in [0.4, 0.5) is 0 Å². The lowest BCUT2D eigenvalue weighted by Gasteiger charge is -1.98. The molecule has 1 rings (SSSR count). The molecule has 0 aliphatic heterocycles. The summed E-state index contributed by atoms with van der Waals surface area (Å²) >= 11 is 0. The average Bonchev–Trinajstić information content (AvgIpc) is 2.16. The predicted octanol–water partition coefficient (Wildman–Crippen LogP) is 1.37. The van der Waals surface area contributed by atoms with Gasteiger partial charge in [-0.2, -0.15) is 5.10 Å². The van der Waals surface area contributed by atoms with Crippen LogP contribution in [0.3, 0.4) is 0 Å². The first-order valence-corrected chi connectivity index (χ1v) is 4.50. The van der Waals surface area contributed by atoms with Crippen LogP contribution in [-0.4, -0.2) is 19.0 Å². The largest absolute Gasteiger partial charge is 0.313 e. The summed E-state index contributed by atoms with van der Waals surface area (Å²) in [7, 11) is 1.75. The monoisotopic (exact) mass is 190 g/mol. The second kappa shape index (κ2) is 5.17. The minimum Gasteiger partial charge on any atom is -0.313 e. The fourth-order valence-corrected chi connectivity index (χ4v) is 1.15. The van der Waals surface area contributed by atoms with Crippen molar-refractivity contribution in [1.82, 2.24) is 5.43 Å². The molecule has 0 radical (unpaired) electrons. The van der Waals surface area contributed by atoms with E-state index in [1.54, 1.807) is 20.2 Å². The Morgan fingerprint density at radius 3 is 2.57 bits per heavy atom. The second-order valence-corrected chi connectivity index (χ2v) is 3.10. The van der Waals surface area contributed by atoms with Crippen LogP contribution in [0.15, 0.2) is 29.4 Å². The van der Waals surface area contributed by atoms with Crippen LogP contribution in [0.2, 0.25) is 0 Å². The van der Waals surface area contributed by atoms with Crippen LogP contribution in [0.25, 0.3) is 0 Å². The van der Waals surface area contributed by atoms with Gasteiger partial charge in [-0.25, -0.2) is 0 Å². The summed E-state index contributed by atoms with van der Waals surface area (Å²) in [5, 5.41) is 3.89. The van der Waals surface area contributed by atoms with Crippen molar-refractivity contribution in [3.63, 3.8) is 0 Å². The lowest BCUT2D eigenvalue weighted by Crippen LogP contribution is -1.97. The van der Waals surface area contributed by atoms with Crippen LogP contribution in [-0.2, 0) is 11.2 Å². The number of ketones is 1. The van der Waals surface area contributed by atoms with E-state index in [0.717, 1.165) is 11.1 Å². The smallest absolute Gasteiger partial charge is 0.134 e. The highest BCUT2D eigenvalue weighted by Crippen LogP contribution is 2.03. The maximum Gasteiger partial charge on any atom is 0.134 e. The number of rotatable bonds is 4. The maximum absolute atomic E-state index is 10.8. The Bertz CT molecular complexity index is 328. The molecule has 0 heterocycles. The van der Waals surface area contributed by atoms with Crippen molar-refractivity contribution in [3.8, 4) is 0 Å². The van der Waals surface area contributed by atoms with Crippen molar-refractivity contribution in [2.24, 2.45) is 5.10 Å². The predicted molar refractivity (Wildman–Crippen MR) is 57.5 cm³/mol. The molecular weight excluding hydrogens is 176 g/mol. The van der Waals surface area contributed by atoms with Gasteiger partial charge in [0.25, 0.3) is 0 Å². The van der Waals surface area contributed by atoms with Crippen molar-refractivity contribution < 1.29 is 4.79 Å². The third-order valence-electron chi connectivity index (χ3n) is 1.78. The Morgan fingerprint density at radius 2 is 2.07 bits per heavy atom. The van der Waals surface area contributed by atoms with Crippen LogP contribution < -0.4 is 5.43 Å². The Kier molecular flexibility index (Phi) is 3.85. The number of nitrogens with zero attached hydrogens (tertiary/aromatic N) is 1. The van der Waals surface area contributed by atoms with Gasteiger partial charge in [0.05, 0.1) is 6.21 Å². The van der Waals surface area contributed by atoms with E-state index in [-0.39, 0.29) is 5.78 Å². The number of Topliss-reactive ketones (excluding diaryl/α,β-unsaturated/α-hetero) is 1. The highest BCUT2D eigenvalue weighted by molar-refractivity contribution is 5.80. The molecule has 1 aromatic rings. The normalized spacial score (nSPS) is 10.4. The topological polar surface area (TPSA) is 41.5 Å². The first kappa shape index (κ1) is 10.4. The van der Waals surface area contributed by atoms with E-state index in [0.29, 0.717) is 6.42 Å². The number of nitrogens with one attached hydrogen (secondary N) is 1. The van der Waals surface area contributed by atoms with E-state index < -0.39 is 0 Å². The Morgan fingerprint density at radius 1 is 1.43 bits per heavy atom. The number of hydrogen-bond acceptors (Lipinski definition) is 3. The highest BCUT2D eigenvalue weighted by atomic mass is 16.1. The number of benzene rings is 1. The first-order chi connectivity index (χ1) is 6.72. The molecule has 0 aliphatic rings. The molecule has 0 saturated heterocycles. The zero-order chi connectivity index (χ0) is 10.4. The van der Waals surface area contributed by atoms with Gasteiger partial charge in [0.1, 0.15) is 5.78 Å². The van der Waals surface area contributed by atoms with Crippen LogP contribution in [0.5, 0.6) is 0 Å². The van der Waals surface area contributed by atoms with Crippen LogP contribution in [0, 0.1) is 0 Å². The molecule has 3 nitrogen and oxygen atoms in total. The first-order valence-electron chi connectivity index (χ1n) is 4.50. The summed E-state index contributed by atoms with van der Waals surface area (Å²) < 4.78 is 0. The molecule has 14 heavy (non-hydrogen) atoms. The second-order valence-electron chi connectivity index (χ2n) is 3.10. The molecule has 0 unspecified atom stereocenters. The Labute approximate surface area is 83.8 Å². The fraction of sp³-hybridized carbons (Fsp3) is 0.273. The van der Waals surface area contributed by atoms with Gasteiger partial charge >= 0.3 is 0 Å². The van der Waals surface area contributed by atoms with E-state index in [1.807, 2.05) is 24.3 Å². The fourth-order valence-electron chi connectivity index (χ4n) is 1.15. The van der Waals surface area contributed by atoms with Gasteiger partial charge in [0.15, 0.2) is 0 Å². The summed E-state index contributed by atoms with van der Waals surface area (Å²) in [6.45, 7) is 1.59. The molecule has 0 spiro atoms. The van der Waals surface area contributed by atoms with Gasteiger partial charge in [-0.05, 0) is 18.1 Å². The summed E-state index contributed by atoms with van der Waals surface area (Å²) in [4.78, 5) is 10.8. The quantitative estimate of drug-likeness (QED) is 0.575. The number of carbonyl (C=O) groups excluding carboxylic acids is 1. The van der Waals surface area contributed by atoms with Gasteiger partial charge in [-0.15, -0.1) is 0 Å². The molecule has 0 bridgehead atoms. The molecule has 1 aromatic carbocycles. The minimum atomic E-state index is 0.182. The van der Waals surface area contributed by atoms with Crippen LogP contribution >= 0.6 is 0 Å². The van der Waals surface area contributed by atoms with Gasteiger partial charge in [-0.3, -0.25) is 4.79 Å². The maximum atomic E-state index is 10.8. The van der Waals surface area contributed by atoms with Gasteiger partial charge in [-0.1, -0.05) is 24.3 Å². The molecule has 0 aromatic heterocycles. The van der Waals surface area contributed by atoms with E-state index >= 15 is 0 Å². The third kappa shape index (κ3) is 3.39. The SMILES string of the molecule is CN/N=C/c1ccc(CC(C)=O)cc1. The summed E-state index contributed by atoms with van der Waals surface area (Å²) in [5.41, 5.74) is 4.74. The van der Waals surface area contributed by atoms with Crippen molar-refractivity contribution >= 4 is 12.0 Å². The van der Waals surface area contributed by atoms with Crippen molar-refractivity contribution in [3.05, 3.63) is 35.4 Å². The minimum absolute atomic E-state index is 0.182. The van der Waals surface area contributed by atoms with Gasteiger partial charge in [0.2, 0.25) is 0 Å². The summed E-state index contributed by atoms with van der Waals surface area (Å²) in [5.74, 6) is 0.182. The van der Waals surface area contributed by atoms with Crippen molar-refractivity contribution in [1.29, 1.82) is 0 Å². The summed E-state index contributed by atoms with van der Waals surface area (Å²) in [6.07, 6.45) is 2.24. The standard InChI is InChI=1S/C11H14N2O/c1-9(14)7-10-3-5-11(6-4-10)8-13-12-2/h3-6,8,12H,7H2,1-2H3/b13-8+. The molecule has 0 saturated carbocycles. The molecule has 3 heteroatoms. The lowest BCUT2D eigenvalue weighted by atomic mass is 10.1. The van der Waals surface area contributed by atoms with Crippen LogP contribution in [0.1, 0.15) is 18.1 Å². The molecule has 0 aliphatic carbocycles. The lowest BCUT2D eigenvalue weighted by molar-refractivity contribution is -0.116. The van der Waals surface area contributed by atoms with E-state index in [4.69, 9.17) is 0 Å². The zero-order valence-corrected chi connectivity index (χ0v) is 8.45. The summed E-state index contributed by atoms with van der Waals surface area (Å²) in [6, 6.07) is 7.77. The molecule has 1 N–H and O–H groups in total. The molecule has 74 valence electrons. The number of hydrazone groups is 1. The molecule has 0 atom stereocenters. The van der Waals surface area contributed by atoms with Gasteiger partial charge < -0.3 is 5.43 Å². The highest BCUT2D eigenvalue weighted by Gasteiger charge is 1.96. The van der Waals surface area contributed by atoms with E-state index in [1.165, 1.54) is 0 Å². The van der Waals surface area contributed by atoms with E-state index in [9.17, 15) is 4.79 Å². The zero-order valence-electron chi connectivity index (χ0n) is 8.45. The van der Waals surface area contributed by atoms with E-state index in [2.05, 4.69) is 10.5 Å². The Balaban J connectivity index is 2.68. The van der Waals surface area contributed by atoms with Gasteiger partial charge in [0, 0.05) is 13.5 Å². The van der Waals surface area contributed by atoms with Crippen molar-refractivity contribution in [2.75, 3.05) is 7.05 Å². The number of carbonyl (C=O) groups is 1. The van der Waals surface area contributed by atoms with Crippen molar-refractivity contribution in [2.45, 2.75) is 13.3 Å².